The number of ether oxygens (including phenoxy) is 1. The highest BCUT2D eigenvalue weighted by Crippen LogP contribution is 2.31. The minimum absolute atomic E-state index is 0.193. The molecule has 0 bridgehead atoms. The van der Waals surface area contributed by atoms with Crippen LogP contribution >= 0.6 is 0 Å². The van der Waals surface area contributed by atoms with Crippen LogP contribution in [0.25, 0.3) is 5.69 Å². The summed E-state index contributed by atoms with van der Waals surface area (Å²) in [6.45, 7) is 4.05. The predicted octanol–water partition coefficient (Wildman–Crippen LogP) is 3.73. The number of hydrogen-bond donors (Lipinski definition) is 2. The summed E-state index contributed by atoms with van der Waals surface area (Å²) in [5, 5.41) is 17.4. The molecule has 1 heterocycles. The minimum Gasteiger partial charge on any atom is -0.496 e. The molecule has 0 spiro atoms. The van der Waals surface area contributed by atoms with Crippen LogP contribution in [0.3, 0.4) is 0 Å². The molecule has 1 aliphatic carbocycles. The van der Waals surface area contributed by atoms with Gasteiger partial charge in [0.2, 0.25) is 0 Å². The zero-order chi connectivity index (χ0) is 22.0. The standard InChI is InChI=1S/C25H29N3O3/c1-16-17(2)24(31-3)21(25(30)27-22-6-4-7-23(22)29)15-19(16)14-18-8-10-20(11-9-18)28-13-5-12-26-28/h5,8-13,15,22-23,29H,4,6-7,14H2,1-3H3,(H,27,30)/t22-,23-/m1/s1. The second-order valence-electron chi connectivity index (χ2n) is 8.24. The Labute approximate surface area is 182 Å². The van der Waals surface area contributed by atoms with Crippen LogP contribution in [0.5, 0.6) is 5.75 Å². The highest BCUT2D eigenvalue weighted by atomic mass is 16.5. The third-order valence-corrected chi connectivity index (χ3v) is 6.29. The SMILES string of the molecule is COc1c(C(=O)N[C@@H]2CCC[C@H]2O)cc(Cc2ccc(-n3cccn3)cc2)c(C)c1C. The molecule has 4 rings (SSSR count). The number of carbonyl (C=O) groups is 1. The van der Waals surface area contributed by atoms with Crippen LogP contribution in [0, 0.1) is 13.8 Å². The van der Waals surface area contributed by atoms with E-state index in [-0.39, 0.29) is 11.9 Å². The number of methoxy groups -OCH3 is 1. The van der Waals surface area contributed by atoms with Crippen molar-refractivity contribution in [2.75, 3.05) is 7.11 Å². The molecule has 1 amide bonds. The largest absolute Gasteiger partial charge is 0.496 e. The lowest BCUT2D eigenvalue weighted by Crippen LogP contribution is -2.40. The second kappa shape index (κ2) is 8.94. The summed E-state index contributed by atoms with van der Waals surface area (Å²) in [6.07, 6.45) is 6.37. The first-order chi connectivity index (χ1) is 15.0. The number of carbonyl (C=O) groups excluding carboxylic acids is 1. The van der Waals surface area contributed by atoms with E-state index >= 15 is 0 Å². The number of aliphatic hydroxyl groups is 1. The summed E-state index contributed by atoms with van der Waals surface area (Å²) in [5.74, 6) is 0.404. The third-order valence-electron chi connectivity index (χ3n) is 6.29. The lowest BCUT2D eigenvalue weighted by atomic mass is 9.93. The van der Waals surface area contributed by atoms with Crippen LogP contribution in [0.2, 0.25) is 0 Å². The van der Waals surface area contributed by atoms with Gasteiger partial charge in [-0.05, 0) is 86.1 Å². The number of amides is 1. The molecular formula is C25H29N3O3. The topological polar surface area (TPSA) is 76.4 Å². The Morgan fingerprint density at radius 3 is 2.61 bits per heavy atom. The van der Waals surface area contributed by atoms with E-state index in [0.29, 0.717) is 17.7 Å². The maximum Gasteiger partial charge on any atom is 0.255 e. The number of hydrogen-bond acceptors (Lipinski definition) is 4. The Bertz CT molecular complexity index is 1060. The smallest absolute Gasteiger partial charge is 0.255 e. The summed E-state index contributed by atoms with van der Waals surface area (Å²) in [6, 6.07) is 11.9. The first kappa shape index (κ1) is 21.1. The van der Waals surface area contributed by atoms with Crippen LogP contribution in [0.1, 0.15) is 51.9 Å². The van der Waals surface area contributed by atoms with Gasteiger partial charge in [-0.25, -0.2) is 4.68 Å². The van der Waals surface area contributed by atoms with E-state index < -0.39 is 6.10 Å². The highest BCUT2D eigenvalue weighted by Gasteiger charge is 2.28. The molecule has 1 aromatic heterocycles. The second-order valence-corrected chi connectivity index (χ2v) is 8.24. The molecule has 2 aromatic carbocycles. The van der Waals surface area contributed by atoms with Crippen molar-refractivity contribution in [3.8, 4) is 11.4 Å². The van der Waals surface area contributed by atoms with E-state index in [2.05, 4.69) is 29.5 Å². The van der Waals surface area contributed by atoms with Gasteiger partial charge in [0, 0.05) is 12.4 Å². The lowest BCUT2D eigenvalue weighted by Gasteiger charge is -2.20. The molecule has 6 heteroatoms. The lowest BCUT2D eigenvalue weighted by molar-refractivity contribution is 0.0870. The van der Waals surface area contributed by atoms with Crippen LogP contribution in [-0.2, 0) is 6.42 Å². The van der Waals surface area contributed by atoms with Crippen molar-refractivity contribution in [1.82, 2.24) is 15.1 Å². The maximum atomic E-state index is 13.1. The Morgan fingerprint density at radius 1 is 1.23 bits per heavy atom. The van der Waals surface area contributed by atoms with Crippen LogP contribution < -0.4 is 10.1 Å². The van der Waals surface area contributed by atoms with Gasteiger partial charge in [-0.2, -0.15) is 5.10 Å². The Kier molecular flexibility index (Phi) is 6.09. The Morgan fingerprint density at radius 2 is 2.00 bits per heavy atom. The molecule has 0 unspecified atom stereocenters. The van der Waals surface area contributed by atoms with Crippen LogP contribution in [0.4, 0.5) is 0 Å². The maximum absolute atomic E-state index is 13.1. The number of aromatic nitrogens is 2. The summed E-state index contributed by atoms with van der Waals surface area (Å²) in [5.41, 5.74) is 5.85. The molecular weight excluding hydrogens is 390 g/mol. The molecule has 2 N–H and O–H groups in total. The van der Waals surface area contributed by atoms with Gasteiger partial charge in [0.15, 0.2) is 0 Å². The first-order valence-electron chi connectivity index (χ1n) is 10.7. The van der Waals surface area contributed by atoms with Crippen molar-refractivity contribution in [3.63, 3.8) is 0 Å². The molecule has 6 nitrogen and oxygen atoms in total. The fourth-order valence-corrected chi connectivity index (χ4v) is 4.34. The molecule has 0 aliphatic heterocycles. The number of nitrogens with one attached hydrogen (secondary N) is 1. The third kappa shape index (κ3) is 4.35. The van der Waals surface area contributed by atoms with Gasteiger partial charge in [-0.1, -0.05) is 12.1 Å². The first-order valence-corrected chi connectivity index (χ1v) is 10.7. The van der Waals surface area contributed by atoms with E-state index in [1.807, 2.05) is 42.1 Å². The molecule has 31 heavy (non-hydrogen) atoms. The molecule has 1 aliphatic rings. The molecule has 0 saturated heterocycles. The molecule has 1 saturated carbocycles. The molecule has 0 radical (unpaired) electrons. The van der Waals surface area contributed by atoms with Crippen molar-refractivity contribution < 1.29 is 14.6 Å². The Balaban J connectivity index is 1.61. The Hall–Kier alpha value is -3.12. The molecule has 2 atom stereocenters. The van der Waals surface area contributed by atoms with Gasteiger partial charge in [0.25, 0.3) is 5.91 Å². The van der Waals surface area contributed by atoms with E-state index in [1.165, 1.54) is 0 Å². The number of nitrogens with zero attached hydrogens (tertiary/aromatic N) is 2. The van der Waals surface area contributed by atoms with Crippen LogP contribution in [-0.4, -0.2) is 40.0 Å². The van der Waals surface area contributed by atoms with Gasteiger partial charge in [0.05, 0.1) is 30.5 Å². The van der Waals surface area contributed by atoms with Gasteiger partial charge in [-0.3, -0.25) is 4.79 Å². The average Bonchev–Trinajstić information content (AvgIpc) is 3.44. The average molecular weight is 420 g/mol. The minimum atomic E-state index is -0.478. The highest BCUT2D eigenvalue weighted by molar-refractivity contribution is 5.98. The van der Waals surface area contributed by atoms with Gasteiger partial charge >= 0.3 is 0 Å². The van der Waals surface area contributed by atoms with Crippen molar-refractivity contribution in [2.24, 2.45) is 0 Å². The zero-order valence-electron chi connectivity index (χ0n) is 18.3. The van der Waals surface area contributed by atoms with Crippen molar-refractivity contribution >= 4 is 5.91 Å². The van der Waals surface area contributed by atoms with E-state index in [4.69, 9.17) is 4.74 Å². The molecule has 162 valence electrons. The molecule has 3 aromatic rings. The van der Waals surface area contributed by atoms with Crippen molar-refractivity contribution in [1.29, 1.82) is 0 Å². The summed E-state index contributed by atoms with van der Waals surface area (Å²) >= 11 is 0. The summed E-state index contributed by atoms with van der Waals surface area (Å²) < 4.78 is 7.42. The van der Waals surface area contributed by atoms with E-state index in [9.17, 15) is 9.90 Å². The number of aliphatic hydroxyl groups excluding tert-OH is 1. The monoisotopic (exact) mass is 419 g/mol. The zero-order valence-corrected chi connectivity index (χ0v) is 18.3. The fraction of sp³-hybridized carbons (Fsp3) is 0.360. The molecule has 1 fully saturated rings. The van der Waals surface area contributed by atoms with Gasteiger partial charge in [-0.15, -0.1) is 0 Å². The summed E-state index contributed by atoms with van der Waals surface area (Å²) in [7, 11) is 1.59. The fourth-order valence-electron chi connectivity index (χ4n) is 4.34. The van der Waals surface area contributed by atoms with E-state index in [0.717, 1.165) is 47.2 Å². The number of benzene rings is 2. The van der Waals surface area contributed by atoms with Crippen molar-refractivity contribution in [3.05, 3.63) is 76.6 Å². The van der Waals surface area contributed by atoms with Gasteiger partial charge < -0.3 is 15.2 Å². The van der Waals surface area contributed by atoms with Crippen molar-refractivity contribution in [2.45, 2.75) is 51.7 Å². The number of rotatable bonds is 6. The van der Waals surface area contributed by atoms with Crippen LogP contribution in [0.15, 0.2) is 48.8 Å². The quantitative estimate of drug-likeness (QED) is 0.638. The van der Waals surface area contributed by atoms with E-state index in [1.54, 1.807) is 13.3 Å². The normalized spacial score (nSPS) is 18.2. The predicted molar refractivity (Wildman–Crippen MR) is 120 cm³/mol. The summed E-state index contributed by atoms with van der Waals surface area (Å²) in [4.78, 5) is 13.1. The van der Waals surface area contributed by atoms with Gasteiger partial charge in [0.1, 0.15) is 5.75 Å².